The zero-order valence-electron chi connectivity index (χ0n) is 12.7. The van der Waals surface area contributed by atoms with E-state index in [1.807, 2.05) is 60.1 Å². The molecule has 0 fully saturated rings. The van der Waals surface area contributed by atoms with Crippen molar-refractivity contribution < 1.29 is 0 Å². The molecular weight excluding hydrogens is 349 g/mol. The van der Waals surface area contributed by atoms with Crippen molar-refractivity contribution in [1.82, 2.24) is 14.8 Å². The Balaban J connectivity index is 1.89. The van der Waals surface area contributed by atoms with Crippen molar-refractivity contribution in [1.29, 1.82) is 0 Å². The molecule has 0 unspecified atom stereocenters. The van der Waals surface area contributed by atoms with Crippen LogP contribution in [0, 0.1) is 0 Å². The first-order valence-corrected chi connectivity index (χ1v) is 8.77. The highest BCUT2D eigenvalue weighted by atomic mass is 35.5. The molecule has 6 heteroatoms. The maximum atomic E-state index is 6.27. The Morgan fingerprint density at radius 2 is 1.61 bits per heavy atom. The van der Waals surface area contributed by atoms with E-state index < -0.39 is 0 Å². The van der Waals surface area contributed by atoms with Gasteiger partial charge in [-0.2, -0.15) is 0 Å². The molecular formula is C17H15Cl2N3S. The Morgan fingerprint density at radius 3 is 2.30 bits per heavy atom. The van der Waals surface area contributed by atoms with E-state index in [0.717, 1.165) is 27.1 Å². The van der Waals surface area contributed by atoms with Gasteiger partial charge in [-0.05, 0) is 30.7 Å². The lowest BCUT2D eigenvalue weighted by atomic mass is 10.2. The van der Waals surface area contributed by atoms with E-state index in [1.165, 1.54) is 0 Å². The number of hydrogen-bond acceptors (Lipinski definition) is 3. The summed E-state index contributed by atoms with van der Waals surface area (Å²) in [5.74, 6) is 0.754. The second-order valence-electron chi connectivity index (χ2n) is 5.13. The van der Waals surface area contributed by atoms with Gasteiger partial charge in [-0.15, -0.1) is 10.2 Å². The lowest BCUT2D eigenvalue weighted by Gasteiger charge is -2.12. The summed E-state index contributed by atoms with van der Waals surface area (Å²) >= 11 is 14.2. The Hall–Kier alpha value is -1.49. The molecule has 118 valence electrons. The number of hydrogen-bond donors (Lipinski definition) is 0. The molecule has 0 aliphatic heterocycles. The second-order valence-corrected chi connectivity index (χ2v) is 7.25. The summed E-state index contributed by atoms with van der Waals surface area (Å²) in [6, 6.07) is 15.5. The van der Waals surface area contributed by atoms with Crippen LogP contribution < -0.4 is 0 Å². The Bertz CT molecular complexity index is 832. The molecule has 0 aliphatic rings. The number of thioether (sulfide) groups is 1. The third-order valence-electron chi connectivity index (χ3n) is 3.58. The van der Waals surface area contributed by atoms with E-state index in [9.17, 15) is 0 Å². The van der Waals surface area contributed by atoms with E-state index in [0.29, 0.717) is 5.02 Å². The number of halogens is 2. The number of aromatic nitrogens is 3. The van der Waals surface area contributed by atoms with Crippen molar-refractivity contribution in [3.05, 3.63) is 64.1 Å². The van der Waals surface area contributed by atoms with E-state index >= 15 is 0 Å². The predicted molar refractivity (Wildman–Crippen MR) is 97.2 cm³/mol. The minimum absolute atomic E-state index is 0.172. The summed E-state index contributed by atoms with van der Waals surface area (Å²) in [5, 5.41) is 11.0. The van der Waals surface area contributed by atoms with Crippen molar-refractivity contribution in [3.63, 3.8) is 0 Å². The average Bonchev–Trinajstić information content (AvgIpc) is 2.89. The molecule has 0 spiro atoms. The van der Waals surface area contributed by atoms with Crippen LogP contribution in [0.1, 0.15) is 17.7 Å². The molecule has 1 atom stereocenters. The molecule has 1 heterocycles. The fraction of sp³-hybridized carbons (Fsp3) is 0.176. The molecule has 0 saturated heterocycles. The molecule has 23 heavy (non-hydrogen) atoms. The molecule has 1 aromatic heterocycles. The van der Waals surface area contributed by atoms with E-state index in [1.54, 1.807) is 11.8 Å². The molecule has 0 N–H and O–H groups in total. The number of benzene rings is 2. The maximum absolute atomic E-state index is 6.27. The van der Waals surface area contributed by atoms with Gasteiger partial charge in [0.15, 0.2) is 11.0 Å². The van der Waals surface area contributed by atoms with Gasteiger partial charge in [0, 0.05) is 22.9 Å². The monoisotopic (exact) mass is 363 g/mol. The van der Waals surface area contributed by atoms with Crippen molar-refractivity contribution in [3.8, 4) is 11.4 Å². The molecule has 0 saturated carbocycles. The van der Waals surface area contributed by atoms with Crippen molar-refractivity contribution in [2.24, 2.45) is 7.05 Å². The molecule has 0 amide bonds. The largest absolute Gasteiger partial charge is 0.305 e. The molecule has 3 aromatic rings. The van der Waals surface area contributed by atoms with Crippen LogP contribution in [0.3, 0.4) is 0 Å². The van der Waals surface area contributed by atoms with Gasteiger partial charge in [0.1, 0.15) is 0 Å². The highest BCUT2D eigenvalue weighted by Crippen LogP contribution is 2.38. The van der Waals surface area contributed by atoms with Crippen LogP contribution in [-0.4, -0.2) is 14.8 Å². The van der Waals surface area contributed by atoms with E-state index in [2.05, 4.69) is 17.1 Å². The fourth-order valence-electron chi connectivity index (χ4n) is 2.32. The standard InChI is InChI=1S/C17H15Cl2N3S/c1-11(12-7-3-5-9-14(12)18)23-17-21-20-16(22(17)2)13-8-4-6-10-15(13)19/h3-11H,1-2H3/t11-/m1/s1. The summed E-state index contributed by atoms with van der Waals surface area (Å²) in [6.07, 6.45) is 0. The SMILES string of the molecule is C[C@@H](Sc1nnc(-c2ccccc2Cl)n1C)c1ccccc1Cl. The highest BCUT2D eigenvalue weighted by Gasteiger charge is 2.17. The van der Waals surface area contributed by atoms with Crippen LogP contribution in [0.5, 0.6) is 0 Å². The topological polar surface area (TPSA) is 30.7 Å². The Labute approximate surface area is 149 Å². The molecule has 0 aliphatic carbocycles. The van der Waals surface area contributed by atoms with Crippen LogP contribution in [0.2, 0.25) is 10.0 Å². The van der Waals surface area contributed by atoms with Crippen LogP contribution in [0.25, 0.3) is 11.4 Å². The van der Waals surface area contributed by atoms with Crippen molar-refractivity contribution >= 4 is 35.0 Å². The van der Waals surface area contributed by atoms with Gasteiger partial charge in [-0.25, -0.2) is 0 Å². The zero-order valence-corrected chi connectivity index (χ0v) is 15.0. The summed E-state index contributed by atoms with van der Waals surface area (Å²) in [5.41, 5.74) is 1.96. The Kier molecular flexibility index (Phi) is 4.95. The van der Waals surface area contributed by atoms with Crippen LogP contribution >= 0.6 is 35.0 Å². The van der Waals surface area contributed by atoms with Crippen LogP contribution in [0.15, 0.2) is 53.7 Å². The van der Waals surface area contributed by atoms with Gasteiger partial charge >= 0.3 is 0 Å². The summed E-state index contributed by atoms with van der Waals surface area (Å²) in [7, 11) is 1.94. The van der Waals surface area contributed by atoms with Crippen molar-refractivity contribution in [2.45, 2.75) is 17.3 Å². The second kappa shape index (κ2) is 6.95. The number of rotatable bonds is 4. The predicted octanol–water partition coefficient (Wildman–Crippen LogP) is 5.64. The summed E-state index contributed by atoms with van der Waals surface area (Å²) < 4.78 is 1.96. The van der Waals surface area contributed by atoms with Gasteiger partial charge in [-0.1, -0.05) is 65.3 Å². The maximum Gasteiger partial charge on any atom is 0.191 e. The van der Waals surface area contributed by atoms with Gasteiger partial charge in [-0.3, -0.25) is 0 Å². The molecule has 2 aromatic carbocycles. The third kappa shape index (κ3) is 3.39. The normalized spacial score (nSPS) is 12.3. The zero-order chi connectivity index (χ0) is 16.4. The van der Waals surface area contributed by atoms with E-state index in [4.69, 9.17) is 23.2 Å². The van der Waals surface area contributed by atoms with Crippen LogP contribution in [-0.2, 0) is 7.05 Å². The molecule has 0 radical (unpaired) electrons. The lowest BCUT2D eigenvalue weighted by molar-refractivity contribution is 0.790. The van der Waals surface area contributed by atoms with Gasteiger partial charge in [0.25, 0.3) is 0 Å². The first-order chi connectivity index (χ1) is 11.1. The van der Waals surface area contributed by atoms with Crippen LogP contribution in [0.4, 0.5) is 0 Å². The van der Waals surface area contributed by atoms with Gasteiger partial charge < -0.3 is 4.57 Å². The lowest BCUT2D eigenvalue weighted by Crippen LogP contribution is -1.97. The highest BCUT2D eigenvalue weighted by molar-refractivity contribution is 7.99. The molecule has 3 nitrogen and oxygen atoms in total. The van der Waals surface area contributed by atoms with Crippen molar-refractivity contribution in [2.75, 3.05) is 0 Å². The summed E-state index contributed by atoms with van der Waals surface area (Å²) in [6.45, 7) is 2.11. The smallest absolute Gasteiger partial charge is 0.191 e. The fourth-order valence-corrected chi connectivity index (χ4v) is 3.89. The average molecular weight is 364 g/mol. The molecule has 0 bridgehead atoms. The minimum Gasteiger partial charge on any atom is -0.305 e. The first kappa shape index (κ1) is 16.4. The van der Waals surface area contributed by atoms with Gasteiger partial charge in [0.2, 0.25) is 0 Å². The minimum atomic E-state index is 0.172. The molecule has 3 rings (SSSR count). The summed E-state index contributed by atoms with van der Waals surface area (Å²) in [4.78, 5) is 0. The quantitative estimate of drug-likeness (QED) is 0.561. The van der Waals surface area contributed by atoms with E-state index in [-0.39, 0.29) is 5.25 Å². The Morgan fingerprint density at radius 1 is 0.957 bits per heavy atom. The van der Waals surface area contributed by atoms with Gasteiger partial charge in [0.05, 0.1) is 5.02 Å². The number of nitrogens with zero attached hydrogens (tertiary/aromatic N) is 3. The first-order valence-electron chi connectivity index (χ1n) is 7.13. The third-order valence-corrected chi connectivity index (χ3v) is 5.42.